The summed E-state index contributed by atoms with van der Waals surface area (Å²) in [6.07, 6.45) is 0.947. The molecule has 1 atom stereocenters. The number of nitrogens with one attached hydrogen (secondary N) is 2. The summed E-state index contributed by atoms with van der Waals surface area (Å²) < 4.78 is 23.2. The monoisotopic (exact) mass is 421 g/mol. The van der Waals surface area contributed by atoms with Crippen molar-refractivity contribution in [2.45, 2.75) is 25.8 Å². The molecular weight excluding hydrogens is 390 g/mol. The number of carbonyl (C=O) groups is 1. The Morgan fingerprint density at radius 3 is 2.52 bits per heavy atom. The lowest BCUT2D eigenvalue weighted by atomic mass is 10.2. The van der Waals surface area contributed by atoms with Crippen LogP contribution in [0.1, 0.15) is 19.8 Å². The molecule has 29 heavy (non-hydrogen) atoms. The lowest BCUT2D eigenvalue weighted by Gasteiger charge is -2.36. The van der Waals surface area contributed by atoms with E-state index >= 15 is 0 Å². The van der Waals surface area contributed by atoms with E-state index in [0.717, 1.165) is 26.2 Å². The van der Waals surface area contributed by atoms with E-state index in [-0.39, 0.29) is 23.5 Å². The lowest BCUT2D eigenvalue weighted by molar-refractivity contribution is -0.131. The number of hydrogen-bond acceptors (Lipinski definition) is 5. The standard InChI is InChI=1S/C20H31N5O3S/c1-2-21-20(23-17-9-15-29(27,28)16-17)22-10-8-19(26)25-13-11-24(12-14-25)18-6-4-3-5-7-18/h3-7,17H,2,8-16H2,1H3,(H2,21,22,23). The van der Waals surface area contributed by atoms with Crippen molar-refractivity contribution < 1.29 is 13.2 Å². The van der Waals surface area contributed by atoms with E-state index in [2.05, 4.69) is 32.7 Å². The molecule has 0 aromatic heterocycles. The summed E-state index contributed by atoms with van der Waals surface area (Å²) in [5, 5.41) is 6.30. The number of aliphatic imine (C=N–C) groups is 1. The summed E-state index contributed by atoms with van der Waals surface area (Å²) in [7, 11) is -2.94. The van der Waals surface area contributed by atoms with Crippen molar-refractivity contribution in [2.24, 2.45) is 4.99 Å². The van der Waals surface area contributed by atoms with Crippen molar-refractivity contribution in [1.82, 2.24) is 15.5 Å². The predicted octanol–water partition coefficient (Wildman–Crippen LogP) is 0.468. The zero-order chi connectivity index (χ0) is 20.7. The zero-order valence-electron chi connectivity index (χ0n) is 17.0. The molecule has 0 spiro atoms. The number of hydrogen-bond donors (Lipinski definition) is 2. The van der Waals surface area contributed by atoms with Crippen LogP contribution in [0, 0.1) is 0 Å². The lowest BCUT2D eigenvalue weighted by Crippen LogP contribution is -2.49. The van der Waals surface area contributed by atoms with Gasteiger partial charge in [0.05, 0.1) is 18.1 Å². The van der Waals surface area contributed by atoms with E-state index in [1.54, 1.807) is 0 Å². The third kappa shape index (κ3) is 6.35. The van der Waals surface area contributed by atoms with Crippen molar-refractivity contribution in [3.05, 3.63) is 30.3 Å². The van der Waals surface area contributed by atoms with E-state index < -0.39 is 9.84 Å². The topological polar surface area (TPSA) is 94.1 Å². The fraction of sp³-hybridized carbons (Fsp3) is 0.600. The van der Waals surface area contributed by atoms with Crippen molar-refractivity contribution in [3.63, 3.8) is 0 Å². The Morgan fingerprint density at radius 2 is 1.90 bits per heavy atom. The van der Waals surface area contributed by atoms with Gasteiger partial charge in [-0.05, 0) is 25.5 Å². The SMILES string of the molecule is CCNC(=NCCC(=O)N1CCN(c2ccccc2)CC1)NC1CCS(=O)(=O)C1. The van der Waals surface area contributed by atoms with E-state index in [0.29, 0.717) is 31.9 Å². The molecule has 0 radical (unpaired) electrons. The van der Waals surface area contributed by atoms with Crippen molar-refractivity contribution in [2.75, 3.05) is 55.7 Å². The molecule has 0 aliphatic carbocycles. The third-order valence-corrected chi connectivity index (χ3v) is 7.03. The van der Waals surface area contributed by atoms with Gasteiger partial charge in [-0.3, -0.25) is 9.79 Å². The molecule has 0 saturated carbocycles. The number of amides is 1. The summed E-state index contributed by atoms with van der Waals surface area (Å²) in [4.78, 5) is 21.2. The predicted molar refractivity (Wildman–Crippen MR) is 116 cm³/mol. The number of guanidine groups is 1. The highest BCUT2D eigenvalue weighted by atomic mass is 32.2. The minimum atomic E-state index is -2.94. The van der Waals surface area contributed by atoms with Crippen LogP contribution >= 0.6 is 0 Å². The molecule has 160 valence electrons. The fourth-order valence-electron chi connectivity index (χ4n) is 3.70. The highest BCUT2D eigenvalue weighted by molar-refractivity contribution is 7.91. The van der Waals surface area contributed by atoms with Gasteiger partial charge in [0.25, 0.3) is 0 Å². The van der Waals surface area contributed by atoms with Gasteiger partial charge in [-0.1, -0.05) is 18.2 Å². The van der Waals surface area contributed by atoms with Gasteiger partial charge >= 0.3 is 0 Å². The molecule has 2 aliphatic heterocycles. The number of benzene rings is 1. The maximum Gasteiger partial charge on any atom is 0.224 e. The van der Waals surface area contributed by atoms with Crippen LogP contribution in [0.4, 0.5) is 5.69 Å². The smallest absolute Gasteiger partial charge is 0.224 e. The van der Waals surface area contributed by atoms with Gasteiger partial charge in [-0.15, -0.1) is 0 Å². The van der Waals surface area contributed by atoms with Crippen LogP contribution < -0.4 is 15.5 Å². The maximum absolute atomic E-state index is 12.5. The number of nitrogens with zero attached hydrogens (tertiary/aromatic N) is 3. The van der Waals surface area contributed by atoms with Crippen LogP contribution in [-0.4, -0.2) is 82.0 Å². The molecule has 9 heteroatoms. The molecule has 1 aromatic carbocycles. The Bertz CT molecular complexity index is 805. The first kappa shape index (κ1) is 21.4. The van der Waals surface area contributed by atoms with Crippen LogP contribution in [0.3, 0.4) is 0 Å². The molecule has 1 unspecified atom stereocenters. The Hall–Kier alpha value is -2.29. The van der Waals surface area contributed by atoms with E-state index in [1.807, 2.05) is 30.0 Å². The highest BCUT2D eigenvalue weighted by Crippen LogP contribution is 2.16. The zero-order valence-corrected chi connectivity index (χ0v) is 17.8. The molecular formula is C20H31N5O3S. The highest BCUT2D eigenvalue weighted by Gasteiger charge is 2.28. The van der Waals surface area contributed by atoms with E-state index in [1.165, 1.54) is 5.69 Å². The summed E-state index contributed by atoms with van der Waals surface area (Å²) in [6, 6.07) is 10.1. The van der Waals surface area contributed by atoms with Gasteiger partial charge in [0.1, 0.15) is 0 Å². The van der Waals surface area contributed by atoms with Gasteiger partial charge in [0.15, 0.2) is 15.8 Å². The molecule has 2 N–H and O–H groups in total. The fourth-order valence-corrected chi connectivity index (χ4v) is 5.37. The maximum atomic E-state index is 12.5. The van der Waals surface area contributed by atoms with Gasteiger partial charge in [-0.2, -0.15) is 0 Å². The Balaban J connectivity index is 1.44. The quantitative estimate of drug-likeness (QED) is 0.512. The second-order valence-corrected chi connectivity index (χ2v) is 9.69. The van der Waals surface area contributed by atoms with E-state index in [4.69, 9.17) is 0 Å². The Kier molecular flexibility index (Phi) is 7.35. The summed E-state index contributed by atoms with van der Waals surface area (Å²) in [6.45, 7) is 6.12. The second-order valence-electron chi connectivity index (χ2n) is 7.46. The summed E-state index contributed by atoms with van der Waals surface area (Å²) in [5.41, 5.74) is 1.19. The molecule has 1 amide bonds. The van der Waals surface area contributed by atoms with Crippen LogP contribution in [-0.2, 0) is 14.6 Å². The van der Waals surface area contributed by atoms with Crippen molar-refractivity contribution in [3.8, 4) is 0 Å². The average molecular weight is 422 g/mol. The van der Waals surface area contributed by atoms with Crippen LogP contribution in [0.2, 0.25) is 0 Å². The number of para-hydroxylation sites is 1. The Morgan fingerprint density at radius 1 is 1.17 bits per heavy atom. The van der Waals surface area contributed by atoms with Crippen molar-refractivity contribution >= 4 is 27.4 Å². The van der Waals surface area contributed by atoms with E-state index in [9.17, 15) is 13.2 Å². The van der Waals surface area contributed by atoms with Gasteiger partial charge in [0, 0.05) is 50.9 Å². The minimum Gasteiger partial charge on any atom is -0.368 e. The van der Waals surface area contributed by atoms with Gasteiger partial charge in [0.2, 0.25) is 5.91 Å². The molecule has 1 aromatic rings. The number of anilines is 1. The van der Waals surface area contributed by atoms with Gasteiger partial charge in [-0.25, -0.2) is 8.42 Å². The first-order valence-electron chi connectivity index (χ1n) is 10.3. The number of carbonyl (C=O) groups excluding carboxylic acids is 1. The number of sulfone groups is 1. The minimum absolute atomic E-state index is 0.112. The molecule has 3 rings (SSSR count). The molecule has 2 fully saturated rings. The molecule has 8 nitrogen and oxygen atoms in total. The first-order chi connectivity index (χ1) is 14.0. The van der Waals surface area contributed by atoms with Crippen molar-refractivity contribution in [1.29, 1.82) is 0 Å². The average Bonchev–Trinajstić information content (AvgIpc) is 3.07. The summed E-state index contributed by atoms with van der Waals surface area (Å²) >= 11 is 0. The third-order valence-electron chi connectivity index (χ3n) is 5.27. The van der Waals surface area contributed by atoms with Gasteiger partial charge < -0.3 is 20.4 Å². The molecule has 2 aliphatic rings. The molecule has 2 heterocycles. The Labute approximate surface area is 173 Å². The number of rotatable bonds is 6. The first-order valence-corrected chi connectivity index (χ1v) is 12.1. The van der Waals surface area contributed by atoms with Crippen LogP contribution in [0.15, 0.2) is 35.3 Å². The molecule has 0 bridgehead atoms. The summed E-state index contributed by atoms with van der Waals surface area (Å²) in [5.74, 6) is 1.05. The normalized spacial score (nSPS) is 21.8. The largest absolute Gasteiger partial charge is 0.368 e. The second kappa shape index (κ2) is 9.96. The van der Waals surface area contributed by atoms with Crippen LogP contribution in [0.5, 0.6) is 0 Å². The van der Waals surface area contributed by atoms with Crippen LogP contribution in [0.25, 0.3) is 0 Å². The number of piperazine rings is 1. The molecule has 2 saturated heterocycles.